The number of hydrogen-bond donors (Lipinski definition) is 0. The van der Waals surface area contributed by atoms with Gasteiger partial charge in [-0.25, -0.2) is 0 Å². The van der Waals surface area contributed by atoms with Crippen LogP contribution in [0, 0.1) is 34.6 Å². The van der Waals surface area contributed by atoms with Crippen LogP contribution in [0.5, 0.6) is 0 Å². The van der Waals surface area contributed by atoms with Gasteiger partial charge in [0.2, 0.25) is 5.52 Å². The fourth-order valence-corrected chi connectivity index (χ4v) is 5.33. The quantitative estimate of drug-likeness (QED) is 0.402. The third-order valence-electron chi connectivity index (χ3n) is 5.41. The second kappa shape index (κ2) is 8.79. The maximum atomic E-state index is 12.9. The van der Waals surface area contributed by atoms with Crippen LogP contribution in [0.4, 0.5) is 0 Å². The van der Waals surface area contributed by atoms with Crippen molar-refractivity contribution in [2.75, 3.05) is 6.16 Å². The summed E-state index contributed by atoms with van der Waals surface area (Å²) in [5.74, 6) is -0.0392. The van der Waals surface area contributed by atoms with Crippen molar-refractivity contribution in [2.24, 2.45) is 0 Å². The molecule has 3 nitrogen and oxygen atoms in total. The summed E-state index contributed by atoms with van der Waals surface area (Å²) in [6.07, 6.45) is 0.251. The van der Waals surface area contributed by atoms with Gasteiger partial charge in [-0.05, 0) is 67.9 Å². The van der Waals surface area contributed by atoms with E-state index in [1.54, 1.807) is 0 Å². The zero-order chi connectivity index (χ0) is 22.1. The van der Waals surface area contributed by atoms with Crippen molar-refractivity contribution in [3.8, 4) is 0 Å². The highest BCUT2D eigenvalue weighted by Gasteiger charge is 2.23. The van der Waals surface area contributed by atoms with E-state index in [9.17, 15) is 14.2 Å². The van der Waals surface area contributed by atoms with Crippen LogP contribution < -0.4 is 0 Å². The highest BCUT2D eigenvalue weighted by Crippen LogP contribution is 2.34. The van der Waals surface area contributed by atoms with Gasteiger partial charge in [-0.15, -0.1) is 0 Å². The Morgan fingerprint density at radius 3 is 1.69 bits per heavy atom. The van der Waals surface area contributed by atoms with E-state index in [1.807, 2.05) is 58.9 Å². The molecular weight excluding hydrogens is 379 g/mol. The highest BCUT2D eigenvalue weighted by atomic mass is 31.1. The Morgan fingerprint density at radius 1 is 0.793 bits per heavy atom. The number of aryl methyl sites for hydroxylation is 5. The minimum absolute atomic E-state index is 0.0154. The van der Waals surface area contributed by atoms with Crippen LogP contribution in [0.1, 0.15) is 81.3 Å². The second-order valence-corrected chi connectivity index (χ2v) is 11.0. The molecule has 1 atom stereocenters. The van der Waals surface area contributed by atoms with E-state index in [-0.39, 0.29) is 29.3 Å². The van der Waals surface area contributed by atoms with Gasteiger partial charge in [0.1, 0.15) is 7.80 Å². The maximum Gasteiger partial charge on any atom is 0.219 e. The molecule has 0 heterocycles. The van der Waals surface area contributed by atoms with Crippen LogP contribution in [0.15, 0.2) is 24.3 Å². The van der Waals surface area contributed by atoms with Crippen molar-refractivity contribution in [3.05, 3.63) is 68.8 Å². The summed E-state index contributed by atoms with van der Waals surface area (Å²) in [4.78, 5) is 25.6. The molecule has 0 aliphatic heterocycles. The molecule has 0 fully saturated rings. The molecule has 0 amide bonds. The van der Waals surface area contributed by atoms with Gasteiger partial charge in [-0.1, -0.05) is 50.6 Å². The Hall–Kier alpha value is -1.99. The van der Waals surface area contributed by atoms with Crippen molar-refractivity contribution in [3.63, 3.8) is 0 Å². The average Bonchev–Trinajstić information content (AvgIpc) is 2.57. The van der Waals surface area contributed by atoms with Crippen LogP contribution >= 0.6 is 7.80 Å². The largest absolute Gasteiger partial charge is 0.318 e. The fourth-order valence-electron chi connectivity index (χ4n) is 3.98. The van der Waals surface area contributed by atoms with Gasteiger partial charge in [0, 0.05) is 23.7 Å². The normalized spacial score (nSPS) is 12.7. The van der Waals surface area contributed by atoms with Gasteiger partial charge in [0.05, 0.1) is 0 Å². The minimum atomic E-state index is -2.56. The summed E-state index contributed by atoms with van der Waals surface area (Å²) in [5.41, 5.74) is 6.77. The molecule has 29 heavy (non-hydrogen) atoms. The fraction of sp³-hybridized carbons (Fsp3) is 0.440. The molecule has 0 N–H and O–H groups in total. The summed E-state index contributed by atoms with van der Waals surface area (Å²) in [7, 11) is -2.56. The van der Waals surface area contributed by atoms with Gasteiger partial charge in [-0.2, -0.15) is 0 Å². The lowest BCUT2D eigenvalue weighted by atomic mass is 9.84. The summed E-state index contributed by atoms with van der Waals surface area (Å²) >= 11 is 0. The van der Waals surface area contributed by atoms with Crippen LogP contribution in [0.3, 0.4) is 0 Å². The Bertz CT molecular complexity index is 948. The molecule has 0 spiro atoms. The van der Waals surface area contributed by atoms with Crippen LogP contribution in [0.25, 0.3) is 0 Å². The smallest absolute Gasteiger partial charge is 0.219 e. The van der Waals surface area contributed by atoms with Gasteiger partial charge >= 0.3 is 0 Å². The maximum absolute atomic E-state index is 12.9. The van der Waals surface area contributed by atoms with Crippen LogP contribution in [0.2, 0.25) is 0 Å². The summed E-state index contributed by atoms with van der Waals surface area (Å²) in [6, 6.07) is 8.00. The van der Waals surface area contributed by atoms with E-state index in [0.29, 0.717) is 11.1 Å². The first-order valence-electron chi connectivity index (χ1n) is 10.1. The number of carbonyl (C=O) groups excluding carboxylic acids is 2. The summed E-state index contributed by atoms with van der Waals surface area (Å²) in [6.45, 7) is 16.0. The molecule has 0 bridgehead atoms. The van der Waals surface area contributed by atoms with Crippen molar-refractivity contribution < 1.29 is 14.2 Å². The first-order valence-corrected chi connectivity index (χ1v) is 11.7. The van der Waals surface area contributed by atoms with E-state index in [1.165, 1.54) is 0 Å². The third kappa shape index (κ3) is 5.34. The molecule has 0 saturated carbocycles. The Labute approximate surface area is 175 Å². The highest BCUT2D eigenvalue weighted by molar-refractivity contribution is 7.64. The molecule has 2 aromatic carbocycles. The monoisotopic (exact) mass is 412 g/mol. The SMILES string of the molecule is Cc1cc(C)c(C(=O)CC[PH](=O)C(=O)c2c(C)cc(C(C)(C)C)cc2C)c(C)c1. The molecule has 2 aromatic rings. The first kappa shape index (κ1) is 23.3. The number of benzene rings is 2. The number of hydrogen-bond acceptors (Lipinski definition) is 3. The zero-order valence-corrected chi connectivity index (χ0v) is 19.9. The summed E-state index contributed by atoms with van der Waals surface area (Å²) in [5, 5.41) is 0. The van der Waals surface area contributed by atoms with Crippen LogP contribution in [-0.4, -0.2) is 17.5 Å². The van der Waals surface area contributed by atoms with E-state index in [4.69, 9.17) is 0 Å². The Morgan fingerprint density at radius 2 is 1.24 bits per heavy atom. The van der Waals surface area contributed by atoms with Crippen molar-refractivity contribution in [1.29, 1.82) is 0 Å². The lowest BCUT2D eigenvalue weighted by Crippen LogP contribution is -2.14. The molecule has 4 heteroatoms. The third-order valence-corrected chi connectivity index (χ3v) is 6.87. The number of carbonyl (C=O) groups is 2. The predicted octanol–water partition coefficient (Wildman–Crippen LogP) is 6.50. The number of ketones is 1. The molecule has 0 aromatic heterocycles. The molecule has 156 valence electrons. The average molecular weight is 413 g/mol. The van der Waals surface area contributed by atoms with Gasteiger partial charge < -0.3 is 4.57 Å². The standard InChI is InChI=1S/C25H33O3P/c1-15-11-16(2)22(17(3)12-15)21(26)9-10-29(28)24(27)23-18(4)13-20(14-19(23)5)25(6,7)8/h11-14,29H,9-10H2,1-8H3. The van der Waals surface area contributed by atoms with Crippen LogP contribution in [-0.2, 0) is 9.98 Å². The van der Waals surface area contributed by atoms with Crippen molar-refractivity contribution in [1.82, 2.24) is 0 Å². The number of Topliss-reactive ketones (excluding diaryl/α,β-unsaturated/α-hetero) is 1. The molecule has 0 aliphatic carbocycles. The Balaban J connectivity index is 2.18. The molecule has 0 radical (unpaired) electrons. The minimum Gasteiger partial charge on any atom is -0.318 e. The van der Waals surface area contributed by atoms with Crippen molar-refractivity contribution in [2.45, 2.75) is 67.2 Å². The predicted molar refractivity (Wildman–Crippen MR) is 122 cm³/mol. The van der Waals surface area contributed by atoms with Crippen molar-refractivity contribution >= 4 is 19.1 Å². The van der Waals surface area contributed by atoms with E-state index >= 15 is 0 Å². The lowest BCUT2D eigenvalue weighted by molar-refractivity contribution is 0.0988. The van der Waals surface area contributed by atoms with Gasteiger partial charge in [0.15, 0.2) is 5.78 Å². The molecular formula is C25H33O3P. The summed E-state index contributed by atoms with van der Waals surface area (Å²) < 4.78 is 12.8. The van der Waals surface area contributed by atoms with E-state index < -0.39 is 7.80 Å². The molecule has 2 rings (SSSR count). The molecule has 1 unspecified atom stereocenters. The second-order valence-electron chi connectivity index (χ2n) is 9.18. The first-order chi connectivity index (χ1) is 13.3. The number of rotatable bonds is 6. The van der Waals surface area contributed by atoms with Gasteiger partial charge in [-0.3, -0.25) is 9.59 Å². The zero-order valence-electron chi connectivity index (χ0n) is 18.9. The van der Waals surface area contributed by atoms with Gasteiger partial charge in [0.25, 0.3) is 0 Å². The molecule has 0 saturated heterocycles. The van der Waals surface area contributed by atoms with E-state index in [2.05, 4.69) is 20.8 Å². The Kier molecular flexibility index (Phi) is 7.06. The topological polar surface area (TPSA) is 51.2 Å². The lowest BCUT2D eigenvalue weighted by Gasteiger charge is -2.22. The molecule has 0 aliphatic rings. The van der Waals surface area contributed by atoms with E-state index in [0.717, 1.165) is 33.4 Å².